The van der Waals surface area contributed by atoms with Crippen molar-refractivity contribution >= 4 is 24.1 Å². The van der Waals surface area contributed by atoms with Crippen molar-refractivity contribution in [2.45, 2.75) is 39.5 Å². The molecule has 1 aliphatic rings. The van der Waals surface area contributed by atoms with Gasteiger partial charge in [-0.05, 0) is 36.8 Å². The van der Waals surface area contributed by atoms with E-state index in [1.165, 1.54) is 20.8 Å². The van der Waals surface area contributed by atoms with Crippen molar-refractivity contribution in [2.24, 2.45) is 5.92 Å². The van der Waals surface area contributed by atoms with Crippen LogP contribution in [0.3, 0.4) is 0 Å². The molecule has 36 heavy (non-hydrogen) atoms. The van der Waals surface area contributed by atoms with E-state index in [0.717, 1.165) is 6.42 Å². The van der Waals surface area contributed by atoms with Gasteiger partial charge in [0.2, 0.25) is 24.1 Å². The Balaban J connectivity index is 1.95. The minimum absolute atomic E-state index is 0.0791. The predicted molar refractivity (Wildman–Crippen MR) is 132 cm³/mol. The molecule has 0 spiro atoms. The van der Waals surface area contributed by atoms with E-state index in [2.05, 4.69) is 0 Å². The highest BCUT2D eigenvalue weighted by Gasteiger charge is 2.24. The van der Waals surface area contributed by atoms with Crippen LogP contribution in [0.25, 0.3) is 0 Å². The molecule has 1 aliphatic heterocycles. The van der Waals surface area contributed by atoms with Gasteiger partial charge in [0.15, 0.2) is 0 Å². The van der Waals surface area contributed by atoms with Crippen molar-refractivity contribution in [3.05, 3.63) is 35.6 Å². The largest absolute Gasteiger partial charge is 0.343 e. The lowest BCUT2D eigenvalue weighted by Gasteiger charge is -2.29. The first-order valence-electron chi connectivity index (χ1n) is 12.4. The highest BCUT2D eigenvalue weighted by atomic mass is 19.1. The number of halogens is 1. The van der Waals surface area contributed by atoms with Gasteiger partial charge in [0.1, 0.15) is 12.4 Å². The lowest BCUT2D eigenvalue weighted by Crippen LogP contribution is -2.48. The van der Waals surface area contributed by atoms with E-state index in [1.54, 1.807) is 23.1 Å². The van der Waals surface area contributed by atoms with Crippen LogP contribution in [0.2, 0.25) is 0 Å². The molecule has 0 N–H and O–H groups in total. The number of likely N-dealkylation sites (tertiary alicyclic amines) is 1. The summed E-state index contributed by atoms with van der Waals surface area (Å²) in [5.74, 6) is -0.931. The van der Waals surface area contributed by atoms with Gasteiger partial charge in [0, 0.05) is 39.1 Å². The van der Waals surface area contributed by atoms with Crippen LogP contribution in [0, 0.1) is 23.1 Å². The summed E-state index contributed by atoms with van der Waals surface area (Å²) in [5.41, 5.74) is 0.453. The fraction of sp³-hybridized carbons (Fsp3) is 0.577. The fourth-order valence-corrected chi connectivity index (χ4v) is 4.14. The Bertz CT molecular complexity index is 949. The Morgan fingerprint density at radius 3 is 2.50 bits per heavy atom. The van der Waals surface area contributed by atoms with E-state index in [0.29, 0.717) is 51.0 Å². The van der Waals surface area contributed by atoms with Crippen molar-refractivity contribution in [1.29, 1.82) is 5.26 Å². The topological polar surface area (TPSA) is 105 Å². The first kappa shape index (κ1) is 28.8. The highest BCUT2D eigenvalue weighted by Crippen LogP contribution is 2.11. The molecule has 0 saturated carbocycles. The Labute approximate surface area is 212 Å². The van der Waals surface area contributed by atoms with Crippen LogP contribution in [0.1, 0.15) is 38.7 Å². The minimum Gasteiger partial charge on any atom is -0.343 e. The molecule has 196 valence electrons. The smallest absolute Gasteiger partial charge is 0.243 e. The number of hydrogen-bond acceptors (Lipinski definition) is 5. The summed E-state index contributed by atoms with van der Waals surface area (Å²) in [4.78, 5) is 55.2. The van der Waals surface area contributed by atoms with Crippen LogP contribution >= 0.6 is 0 Å². The monoisotopic (exact) mass is 501 g/mol. The molecular weight excluding hydrogens is 465 g/mol. The minimum atomic E-state index is -0.391. The summed E-state index contributed by atoms with van der Waals surface area (Å²) in [6, 6.07) is 8.27. The zero-order valence-corrected chi connectivity index (χ0v) is 21.2. The van der Waals surface area contributed by atoms with E-state index in [-0.39, 0.29) is 56.1 Å². The van der Waals surface area contributed by atoms with Crippen LogP contribution < -0.4 is 0 Å². The molecule has 0 radical (unpaired) electrons. The zero-order chi connectivity index (χ0) is 26.5. The summed E-state index contributed by atoms with van der Waals surface area (Å²) in [7, 11) is 0. The van der Waals surface area contributed by atoms with Crippen molar-refractivity contribution in [3.8, 4) is 6.07 Å². The normalized spacial score (nSPS) is 13.0. The molecule has 2 rings (SSSR count). The Hall–Kier alpha value is -3.48. The van der Waals surface area contributed by atoms with E-state index in [4.69, 9.17) is 0 Å². The number of carbonyl (C=O) groups is 4. The van der Waals surface area contributed by atoms with Crippen LogP contribution in [0.5, 0.6) is 0 Å². The summed E-state index contributed by atoms with van der Waals surface area (Å²) in [6.07, 6.45) is 2.74. The molecular formula is C26H36FN5O4. The number of rotatable bonds is 15. The second kappa shape index (κ2) is 14.8. The fourth-order valence-electron chi connectivity index (χ4n) is 4.14. The van der Waals surface area contributed by atoms with Crippen LogP contribution in [0.15, 0.2) is 24.3 Å². The summed E-state index contributed by atoms with van der Waals surface area (Å²) in [5, 5.41) is 9.19. The molecule has 0 bridgehead atoms. The second-order valence-corrected chi connectivity index (χ2v) is 9.40. The molecule has 1 heterocycles. The van der Waals surface area contributed by atoms with Crippen molar-refractivity contribution in [1.82, 2.24) is 19.6 Å². The van der Waals surface area contributed by atoms with Gasteiger partial charge in [0.05, 0.1) is 19.2 Å². The lowest BCUT2D eigenvalue weighted by molar-refractivity contribution is -0.142. The zero-order valence-electron chi connectivity index (χ0n) is 21.2. The van der Waals surface area contributed by atoms with Gasteiger partial charge >= 0.3 is 0 Å². The predicted octanol–water partition coefficient (Wildman–Crippen LogP) is 1.68. The van der Waals surface area contributed by atoms with E-state index in [9.17, 15) is 28.8 Å². The van der Waals surface area contributed by atoms with Gasteiger partial charge in [-0.3, -0.25) is 19.2 Å². The number of benzene rings is 1. The number of carbonyl (C=O) groups excluding carboxylic acids is 4. The molecule has 1 saturated heterocycles. The van der Waals surface area contributed by atoms with Gasteiger partial charge in [-0.15, -0.1) is 0 Å². The maximum Gasteiger partial charge on any atom is 0.243 e. The van der Waals surface area contributed by atoms with Crippen molar-refractivity contribution < 1.29 is 23.6 Å². The standard InChI is InChI=1S/C26H36FN5O4/c1-21(2)17-32(25(35)18-29(20-33)15-10-22-7-3-4-8-23(22)27)19-26(36)31(16-11-28)14-6-13-30-12-5-9-24(30)34/h3-4,7-8,20-21H,5-6,9-10,12-19H2,1-2H3. The molecule has 1 aromatic carbocycles. The highest BCUT2D eigenvalue weighted by molar-refractivity contribution is 5.86. The van der Waals surface area contributed by atoms with Gasteiger partial charge in [-0.2, -0.15) is 5.26 Å². The van der Waals surface area contributed by atoms with Crippen LogP contribution in [-0.2, 0) is 25.6 Å². The molecule has 1 aromatic rings. The lowest BCUT2D eigenvalue weighted by atomic mass is 10.1. The van der Waals surface area contributed by atoms with Gasteiger partial charge in [-0.25, -0.2) is 4.39 Å². The molecule has 0 atom stereocenters. The maximum absolute atomic E-state index is 13.9. The molecule has 0 aliphatic carbocycles. The maximum atomic E-state index is 13.9. The van der Waals surface area contributed by atoms with Gasteiger partial charge < -0.3 is 19.6 Å². The first-order valence-corrected chi connectivity index (χ1v) is 12.4. The third kappa shape index (κ3) is 9.29. The summed E-state index contributed by atoms with van der Waals surface area (Å²) >= 11 is 0. The van der Waals surface area contributed by atoms with E-state index >= 15 is 0 Å². The Morgan fingerprint density at radius 2 is 1.89 bits per heavy atom. The molecule has 9 nitrogen and oxygen atoms in total. The van der Waals surface area contributed by atoms with Crippen molar-refractivity contribution in [2.75, 3.05) is 52.4 Å². The number of nitrogens with zero attached hydrogens (tertiary/aromatic N) is 5. The molecule has 10 heteroatoms. The molecule has 0 aromatic heterocycles. The number of hydrogen-bond donors (Lipinski definition) is 0. The SMILES string of the molecule is CC(C)CN(CC(=O)N(CC#N)CCCN1CCCC1=O)C(=O)CN(C=O)CCc1ccccc1F. The Morgan fingerprint density at radius 1 is 1.17 bits per heavy atom. The van der Waals surface area contributed by atoms with Gasteiger partial charge in [-0.1, -0.05) is 32.0 Å². The first-order chi connectivity index (χ1) is 17.2. The van der Waals surface area contributed by atoms with Crippen molar-refractivity contribution in [3.63, 3.8) is 0 Å². The van der Waals surface area contributed by atoms with Gasteiger partial charge in [0.25, 0.3) is 0 Å². The number of amides is 4. The molecule has 1 fully saturated rings. The molecule has 4 amide bonds. The third-order valence-corrected chi connectivity index (χ3v) is 6.02. The van der Waals surface area contributed by atoms with Crippen LogP contribution in [-0.4, -0.2) is 96.1 Å². The number of nitriles is 1. The van der Waals surface area contributed by atoms with Crippen LogP contribution in [0.4, 0.5) is 4.39 Å². The average molecular weight is 502 g/mol. The second-order valence-electron chi connectivity index (χ2n) is 9.40. The quantitative estimate of drug-likeness (QED) is 0.269. The molecule has 0 unspecified atom stereocenters. The summed E-state index contributed by atoms with van der Waals surface area (Å²) < 4.78 is 13.9. The Kier molecular flexibility index (Phi) is 11.8. The van der Waals surface area contributed by atoms with E-state index in [1.807, 2.05) is 19.9 Å². The third-order valence-electron chi connectivity index (χ3n) is 6.02. The van der Waals surface area contributed by atoms with E-state index < -0.39 is 5.91 Å². The summed E-state index contributed by atoms with van der Waals surface area (Å²) in [6.45, 7) is 5.31. The average Bonchev–Trinajstić information content (AvgIpc) is 3.25.